The van der Waals surface area contributed by atoms with Gasteiger partial charge in [0.2, 0.25) is 15.9 Å². The standard InChI is InChI=1S/C21H29N3O3S/c1-5-24(6-2)28(26,27)20-14-19(13-12-16(20)3)23-21(25)15-22-17(4)18-10-8-7-9-11-18/h7-14,17,22H,5-6,15H2,1-4H3,(H,23,25)/t17-/m0/s1. The molecule has 0 aliphatic carbocycles. The van der Waals surface area contributed by atoms with E-state index in [-0.39, 0.29) is 23.4 Å². The summed E-state index contributed by atoms with van der Waals surface area (Å²) in [7, 11) is -3.59. The third kappa shape index (κ3) is 5.41. The minimum Gasteiger partial charge on any atom is -0.325 e. The highest BCUT2D eigenvalue weighted by molar-refractivity contribution is 7.89. The number of nitrogens with one attached hydrogen (secondary N) is 2. The molecule has 0 radical (unpaired) electrons. The van der Waals surface area contributed by atoms with E-state index in [1.54, 1.807) is 19.1 Å². The van der Waals surface area contributed by atoms with E-state index in [4.69, 9.17) is 0 Å². The molecule has 0 unspecified atom stereocenters. The van der Waals surface area contributed by atoms with Crippen molar-refractivity contribution in [1.82, 2.24) is 9.62 Å². The Kier molecular flexibility index (Phi) is 7.74. The quantitative estimate of drug-likeness (QED) is 0.673. The molecule has 0 fully saturated rings. The second kappa shape index (κ2) is 9.82. The van der Waals surface area contributed by atoms with E-state index in [9.17, 15) is 13.2 Å². The van der Waals surface area contributed by atoms with Crippen molar-refractivity contribution in [2.24, 2.45) is 0 Å². The van der Waals surface area contributed by atoms with Crippen molar-refractivity contribution in [1.29, 1.82) is 0 Å². The Morgan fingerprint density at radius 3 is 2.32 bits per heavy atom. The summed E-state index contributed by atoms with van der Waals surface area (Å²) < 4.78 is 27.1. The van der Waals surface area contributed by atoms with Gasteiger partial charge in [-0.15, -0.1) is 0 Å². The molecule has 0 aromatic heterocycles. The molecule has 0 bridgehead atoms. The number of hydrogen-bond acceptors (Lipinski definition) is 4. The lowest BCUT2D eigenvalue weighted by Gasteiger charge is -2.20. The van der Waals surface area contributed by atoms with Crippen molar-refractivity contribution in [3.05, 3.63) is 59.7 Å². The molecule has 1 atom stereocenters. The van der Waals surface area contributed by atoms with Gasteiger partial charge < -0.3 is 10.6 Å². The number of benzene rings is 2. The zero-order valence-electron chi connectivity index (χ0n) is 16.9. The summed E-state index contributed by atoms with van der Waals surface area (Å²) in [6.07, 6.45) is 0. The van der Waals surface area contributed by atoms with Gasteiger partial charge in [0.1, 0.15) is 0 Å². The lowest BCUT2D eigenvalue weighted by atomic mass is 10.1. The van der Waals surface area contributed by atoms with Crippen molar-refractivity contribution < 1.29 is 13.2 Å². The topological polar surface area (TPSA) is 78.5 Å². The summed E-state index contributed by atoms with van der Waals surface area (Å²) in [6.45, 7) is 8.28. The predicted octanol–water partition coefficient (Wildman–Crippen LogP) is 3.31. The molecule has 6 nitrogen and oxygen atoms in total. The smallest absolute Gasteiger partial charge is 0.243 e. The molecule has 0 aliphatic rings. The Labute approximate surface area is 168 Å². The molecule has 2 aromatic carbocycles. The first-order valence-corrected chi connectivity index (χ1v) is 10.9. The van der Waals surface area contributed by atoms with E-state index in [0.29, 0.717) is 24.3 Å². The first kappa shape index (κ1) is 22.1. The number of anilines is 1. The molecule has 2 aromatic rings. The summed E-state index contributed by atoms with van der Waals surface area (Å²) in [4.78, 5) is 12.5. The average molecular weight is 404 g/mol. The number of rotatable bonds is 9. The monoisotopic (exact) mass is 403 g/mol. The fourth-order valence-corrected chi connectivity index (χ4v) is 4.68. The number of sulfonamides is 1. The van der Waals surface area contributed by atoms with Crippen LogP contribution >= 0.6 is 0 Å². The van der Waals surface area contributed by atoms with Crippen LogP contribution in [0.25, 0.3) is 0 Å². The number of nitrogens with zero attached hydrogens (tertiary/aromatic N) is 1. The van der Waals surface area contributed by atoms with Gasteiger partial charge in [-0.3, -0.25) is 4.79 Å². The maximum Gasteiger partial charge on any atom is 0.243 e. The highest BCUT2D eigenvalue weighted by Crippen LogP contribution is 2.23. The second-order valence-electron chi connectivity index (χ2n) is 6.63. The first-order chi connectivity index (χ1) is 13.3. The van der Waals surface area contributed by atoms with E-state index < -0.39 is 10.0 Å². The Morgan fingerprint density at radius 2 is 1.71 bits per heavy atom. The minimum absolute atomic E-state index is 0.0311. The van der Waals surface area contributed by atoms with Crippen LogP contribution in [0.4, 0.5) is 5.69 Å². The third-order valence-corrected chi connectivity index (χ3v) is 6.86. The lowest BCUT2D eigenvalue weighted by molar-refractivity contribution is -0.115. The van der Waals surface area contributed by atoms with Crippen LogP contribution in [0, 0.1) is 6.92 Å². The van der Waals surface area contributed by atoms with Gasteiger partial charge in [0, 0.05) is 24.8 Å². The van der Waals surface area contributed by atoms with Crippen molar-refractivity contribution >= 4 is 21.6 Å². The fraction of sp³-hybridized carbons (Fsp3) is 0.381. The van der Waals surface area contributed by atoms with Gasteiger partial charge in [-0.1, -0.05) is 50.2 Å². The third-order valence-electron chi connectivity index (χ3n) is 4.66. The minimum atomic E-state index is -3.59. The van der Waals surface area contributed by atoms with Crippen LogP contribution in [0.1, 0.15) is 37.9 Å². The van der Waals surface area contributed by atoms with E-state index in [1.165, 1.54) is 10.4 Å². The van der Waals surface area contributed by atoms with Crippen LogP contribution in [-0.4, -0.2) is 38.3 Å². The van der Waals surface area contributed by atoms with Crippen LogP contribution in [0.5, 0.6) is 0 Å². The van der Waals surface area contributed by atoms with Crippen LogP contribution < -0.4 is 10.6 Å². The van der Waals surface area contributed by atoms with Gasteiger partial charge in [-0.25, -0.2) is 8.42 Å². The number of carbonyl (C=O) groups excluding carboxylic acids is 1. The summed E-state index contributed by atoms with van der Waals surface area (Å²) in [6, 6.07) is 14.9. The van der Waals surface area contributed by atoms with E-state index in [0.717, 1.165) is 5.56 Å². The van der Waals surface area contributed by atoms with Crippen molar-refractivity contribution in [2.75, 3.05) is 25.0 Å². The molecular formula is C21H29N3O3S. The van der Waals surface area contributed by atoms with Gasteiger partial charge in [0.15, 0.2) is 0 Å². The van der Waals surface area contributed by atoms with Gasteiger partial charge >= 0.3 is 0 Å². The van der Waals surface area contributed by atoms with Crippen molar-refractivity contribution in [3.8, 4) is 0 Å². The maximum atomic E-state index is 12.8. The fourth-order valence-electron chi connectivity index (χ4n) is 2.97. The summed E-state index contributed by atoms with van der Waals surface area (Å²) in [5.41, 5.74) is 2.22. The molecule has 0 saturated heterocycles. The average Bonchev–Trinajstić information content (AvgIpc) is 2.69. The Morgan fingerprint density at radius 1 is 1.07 bits per heavy atom. The maximum absolute atomic E-state index is 12.8. The van der Waals surface area contributed by atoms with Crippen molar-refractivity contribution in [3.63, 3.8) is 0 Å². The highest BCUT2D eigenvalue weighted by atomic mass is 32.2. The highest BCUT2D eigenvalue weighted by Gasteiger charge is 2.24. The number of amides is 1. The summed E-state index contributed by atoms with van der Waals surface area (Å²) >= 11 is 0. The van der Waals surface area contributed by atoms with E-state index >= 15 is 0 Å². The van der Waals surface area contributed by atoms with E-state index in [2.05, 4.69) is 10.6 Å². The normalized spacial score (nSPS) is 12.8. The summed E-state index contributed by atoms with van der Waals surface area (Å²) in [5, 5.41) is 5.95. The first-order valence-electron chi connectivity index (χ1n) is 9.48. The Hall–Kier alpha value is -2.22. The van der Waals surface area contributed by atoms with Crippen molar-refractivity contribution in [2.45, 2.75) is 38.6 Å². The van der Waals surface area contributed by atoms with E-state index in [1.807, 2.05) is 51.1 Å². The predicted molar refractivity (Wildman–Crippen MR) is 113 cm³/mol. The molecule has 1 amide bonds. The van der Waals surface area contributed by atoms with Crippen LogP contribution in [0.3, 0.4) is 0 Å². The van der Waals surface area contributed by atoms with Crippen LogP contribution in [0.15, 0.2) is 53.4 Å². The van der Waals surface area contributed by atoms with Gasteiger partial charge in [-0.2, -0.15) is 4.31 Å². The molecule has 2 rings (SSSR count). The molecule has 7 heteroatoms. The second-order valence-corrected chi connectivity index (χ2v) is 8.54. The number of hydrogen-bond donors (Lipinski definition) is 2. The van der Waals surface area contributed by atoms with Gasteiger partial charge in [-0.05, 0) is 37.1 Å². The molecule has 2 N–H and O–H groups in total. The van der Waals surface area contributed by atoms with Crippen LogP contribution in [-0.2, 0) is 14.8 Å². The zero-order chi connectivity index (χ0) is 20.7. The lowest BCUT2D eigenvalue weighted by Crippen LogP contribution is -2.31. The summed E-state index contributed by atoms with van der Waals surface area (Å²) in [5.74, 6) is -0.224. The SMILES string of the molecule is CCN(CC)S(=O)(=O)c1cc(NC(=O)CN[C@@H](C)c2ccccc2)ccc1C. The Balaban J connectivity index is 2.07. The molecule has 0 heterocycles. The molecule has 0 saturated carbocycles. The molecular weight excluding hydrogens is 374 g/mol. The van der Waals surface area contributed by atoms with Gasteiger partial charge in [0.05, 0.1) is 11.4 Å². The molecule has 28 heavy (non-hydrogen) atoms. The van der Waals surface area contributed by atoms with Gasteiger partial charge in [0.25, 0.3) is 0 Å². The molecule has 0 aliphatic heterocycles. The zero-order valence-corrected chi connectivity index (χ0v) is 17.7. The largest absolute Gasteiger partial charge is 0.325 e. The Bertz CT molecular complexity index is 894. The van der Waals surface area contributed by atoms with Crippen LogP contribution in [0.2, 0.25) is 0 Å². The number of carbonyl (C=O) groups is 1. The molecule has 152 valence electrons. The molecule has 0 spiro atoms. The number of aryl methyl sites for hydroxylation is 1.